The van der Waals surface area contributed by atoms with Gasteiger partial charge in [0.2, 0.25) is 15.8 Å². The summed E-state index contributed by atoms with van der Waals surface area (Å²) in [6.07, 6.45) is 3.04. The number of ether oxygens (including phenoxy) is 3. The molecule has 2 aromatic heterocycles. The Morgan fingerprint density at radius 1 is 1.03 bits per heavy atom. The molecule has 0 bridgehead atoms. The molecule has 2 N–H and O–H groups in total. The van der Waals surface area contributed by atoms with E-state index in [1.807, 2.05) is 42.1 Å². The van der Waals surface area contributed by atoms with Crippen molar-refractivity contribution in [3.63, 3.8) is 0 Å². The van der Waals surface area contributed by atoms with Gasteiger partial charge in [-0.1, -0.05) is 18.2 Å². The molecule has 4 rings (SSSR count). The summed E-state index contributed by atoms with van der Waals surface area (Å²) in [4.78, 5) is 0. The van der Waals surface area contributed by atoms with Crippen molar-refractivity contribution in [3.8, 4) is 39.6 Å². The summed E-state index contributed by atoms with van der Waals surface area (Å²) in [5, 5.41) is 8.23. The minimum Gasteiger partial charge on any atom is -0.493 e. The number of benzene rings is 2. The third-order valence-corrected chi connectivity index (χ3v) is 5.73. The fourth-order valence-electron chi connectivity index (χ4n) is 3.83. The van der Waals surface area contributed by atoms with Crippen LogP contribution in [0.2, 0.25) is 0 Å². The minimum absolute atomic E-state index is 0.201. The molecule has 0 aliphatic rings. The maximum absolute atomic E-state index is 12.1. The number of anilines is 1. The Bertz CT molecular complexity index is 1380. The second-order valence-corrected chi connectivity index (χ2v) is 9.03. The minimum atomic E-state index is -3.57. The highest BCUT2D eigenvalue weighted by Crippen LogP contribution is 2.45. The van der Waals surface area contributed by atoms with E-state index in [-0.39, 0.29) is 5.82 Å². The van der Waals surface area contributed by atoms with Crippen LogP contribution in [0.3, 0.4) is 0 Å². The first-order valence-electron chi connectivity index (χ1n) is 9.68. The Morgan fingerprint density at radius 3 is 2.28 bits per heavy atom. The van der Waals surface area contributed by atoms with Gasteiger partial charge in [-0.2, -0.15) is 5.10 Å². The lowest BCUT2D eigenvalue weighted by molar-refractivity contribution is 0.324. The Hall–Kier alpha value is -3.66. The quantitative estimate of drug-likeness (QED) is 0.440. The monoisotopic (exact) mass is 456 g/mol. The standard InChI is InChI=1S/C22H24N4O5S/c1-26-12-15(14-8-6-7-9-16(14)26)19-20(23-24-22(19)25-32(5,27)28)13-10-17(29-2)21(31-4)18(11-13)30-3/h6-12H,1-5H3,(H2,23,24,25). The number of para-hydroxylation sites is 1. The van der Waals surface area contributed by atoms with Crippen LogP contribution in [0.25, 0.3) is 33.3 Å². The van der Waals surface area contributed by atoms with Crippen molar-refractivity contribution in [1.82, 2.24) is 14.8 Å². The molecule has 2 aromatic carbocycles. The molecule has 4 aromatic rings. The molecule has 0 saturated heterocycles. The fourth-order valence-corrected chi connectivity index (χ4v) is 4.33. The van der Waals surface area contributed by atoms with Crippen LogP contribution in [0.5, 0.6) is 17.2 Å². The zero-order valence-electron chi connectivity index (χ0n) is 18.4. The number of H-pyrrole nitrogens is 1. The van der Waals surface area contributed by atoms with E-state index in [1.165, 1.54) is 21.3 Å². The topological polar surface area (TPSA) is 107 Å². The number of hydrogen-bond acceptors (Lipinski definition) is 6. The number of aromatic nitrogens is 3. The summed E-state index contributed by atoms with van der Waals surface area (Å²) < 4.78 is 45.0. The van der Waals surface area contributed by atoms with Crippen molar-refractivity contribution in [3.05, 3.63) is 42.6 Å². The molecule has 168 valence electrons. The molecule has 0 aliphatic heterocycles. The lowest BCUT2D eigenvalue weighted by Crippen LogP contribution is -2.10. The predicted octanol–water partition coefficient (Wildman–Crippen LogP) is 3.63. The maximum atomic E-state index is 12.1. The Labute approximate surface area is 186 Å². The molecule has 0 fully saturated rings. The molecule has 0 atom stereocenters. The summed E-state index contributed by atoms with van der Waals surface area (Å²) in [6.45, 7) is 0. The lowest BCUT2D eigenvalue weighted by atomic mass is 9.99. The summed E-state index contributed by atoms with van der Waals surface area (Å²) >= 11 is 0. The van der Waals surface area contributed by atoms with Crippen LogP contribution >= 0.6 is 0 Å². The number of aromatic amines is 1. The van der Waals surface area contributed by atoms with Gasteiger partial charge >= 0.3 is 0 Å². The van der Waals surface area contributed by atoms with Gasteiger partial charge in [-0.15, -0.1) is 0 Å². The fraction of sp³-hybridized carbons (Fsp3) is 0.227. The number of sulfonamides is 1. The number of hydrogen-bond donors (Lipinski definition) is 2. The zero-order valence-corrected chi connectivity index (χ0v) is 19.2. The van der Waals surface area contributed by atoms with E-state index in [4.69, 9.17) is 14.2 Å². The third kappa shape index (κ3) is 3.73. The highest BCUT2D eigenvalue weighted by molar-refractivity contribution is 7.92. The molecule has 0 spiro atoms. The van der Waals surface area contributed by atoms with Crippen LogP contribution in [0.15, 0.2) is 42.6 Å². The van der Waals surface area contributed by atoms with Gasteiger partial charge in [-0.25, -0.2) is 8.42 Å². The van der Waals surface area contributed by atoms with Gasteiger partial charge in [0.05, 0.1) is 38.8 Å². The van der Waals surface area contributed by atoms with Crippen LogP contribution in [0.1, 0.15) is 0 Å². The molecular formula is C22H24N4O5S. The van der Waals surface area contributed by atoms with Crippen LogP contribution in [-0.4, -0.2) is 50.8 Å². The van der Waals surface area contributed by atoms with Crippen molar-refractivity contribution in [2.24, 2.45) is 7.05 Å². The van der Waals surface area contributed by atoms with Gasteiger partial charge < -0.3 is 18.8 Å². The van der Waals surface area contributed by atoms with Crippen LogP contribution < -0.4 is 18.9 Å². The molecule has 0 radical (unpaired) electrons. The largest absolute Gasteiger partial charge is 0.493 e. The SMILES string of the molecule is COc1cc(-c2[nH]nc(NS(C)(=O)=O)c2-c2cn(C)c3ccccc23)cc(OC)c1OC. The van der Waals surface area contributed by atoms with Gasteiger partial charge in [0.1, 0.15) is 0 Å². The van der Waals surface area contributed by atoms with Crippen LogP contribution in [-0.2, 0) is 17.1 Å². The number of aryl methyl sites for hydroxylation is 1. The zero-order chi connectivity index (χ0) is 23.0. The average molecular weight is 457 g/mol. The van der Waals surface area contributed by atoms with Crippen molar-refractivity contribution >= 4 is 26.7 Å². The van der Waals surface area contributed by atoms with Gasteiger partial charge in [-0.3, -0.25) is 9.82 Å². The van der Waals surface area contributed by atoms with E-state index in [0.29, 0.717) is 34.1 Å². The molecule has 0 saturated carbocycles. The van der Waals surface area contributed by atoms with Crippen molar-refractivity contribution in [1.29, 1.82) is 0 Å². The average Bonchev–Trinajstić information content (AvgIpc) is 3.32. The number of methoxy groups -OCH3 is 3. The first kappa shape index (κ1) is 21.6. The van der Waals surface area contributed by atoms with Gasteiger partial charge in [0, 0.05) is 35.3 Å². The maximum Gasteiger partial charge on any atom is 0.231 e. The first-order chi connectivity index (χ1) is 15.3. The number of nitrogens with zero attached hydrogens (tertiary/aromatic N) is 2. The summed E-state index contributed by atoms with van der Waals surface area (Å²) in [6, 6.07) is 11.5. The molecule has 9 nitrogen and oxygen atoms in total. The Morgan fingerprint density at radius 2 is 1.69 bits per heavy atom. The lowest BCUT2D eigenvalue weighted by Gasteiger charge is -2.14. The molecule has 0 aliphatic carbocycles. The van der Waals surface area contributed by atoms with Crippen molar-refractivity contribution in [2.45, 2.75) is 0 Å². The second kappa shape index (κ2) is 8.12. The Balaban J connectivity index is 2.03. The molecular weight excluding hydrogens is 432 g/mol. The van der Waals surface area contributed by atoms with Crippen LogP contribution in [0.4, 0.5) is 5.82 Å². The van der Waals surface area contributed by atoms with E-state index in [2.05, 4.69) is 14.9 Å². The number of rotatable bonds is 7. The van der Waals surface area contributed by atoms with E-state index in [9.17, 15) is 8.42 Å². The summed E-state index contributed by atoms with van der Waals surface area (Å²) in [5.74, 6) is 1.60. The van der Waals surface area contributed by atoms with Crippen LogP contribution in [0, 0.1) is 0 Å². The Kier molecular flexibility index (Phi) is 5.47. The van der Waals surface area contributed by atoms with Crippen molar-refractivity contribution < 1.29 is 22.6 Å². The highest BCUT2D eigenvalue weighted by Gasteiger charge is 2.24. The first-order valence-corrected chi connectivity index (χ1v) is 11.6. The van der Waals surface area contributed by atoms with Gasteiger partial charge in [0.25, 0.3) is 0 Å². The van der Waals surface area contributed by atoms with E-state index in [1.54, 1.807) is 12.1 Å². The molecule has 0 amide bonds. The molecule has 10 heteroatoms. The normalized spacial score (nSPS) is 11.5. The predicted molar refractivity (Wildman–Crippen MR) is 124 cm³/mol. The van der Waals surface area contributed by atoms with Gasteiger partial charge in [-0.05, 0) is 18.2 Å². The van der Waals surface area contributed by atoms with E-state index in [0.717, 1.165) is 22.7 Å². The second-order valence-electron chi connectivity index (χ2n) is 7.28. The number of fused-ring (bicyclic) bond motifs is 1. The van der Waals surface area contributed by atoms with E-state index >= 15 is 0 Å². The smallest absolute Gasteiger partial charge is 0.231 e. The third-order valence-electron chi connectivity index (χ3n) is 5.17. The van der Waals surface area contributed by atoms with E-state index < -0.39 is 10.0 Å². The molecule has 0 unspecified atom stereocenters. The van der Waals surface area contributed by atoms with Crippen molar-refractivity contribution in [2.75, 3.05) is 32.3 Å². The summed E-state index contributed by atoms with van der Waals surface area (Å²) in [7, 11) is 2.98. The van der Waals surface area contributed by atoms with Gasteiger partial charge in [0.15, 0.2) is 17.3 Å². The molecule has 2 heterocycles. The number of nitrogens with one attached hydrogen (secondary N) is 2. The summed E-state index contributed by atoms with van der Waals surface area (Å²) in [5.41, 5.74) is 3.74. The molecule has 32 heavy (non-hydrogen) atoms. The highest BCUT2D eigenvalue weighted by atomic mass is 32.2.